The number of aliphatic hydroxyl groups is 1. The van der Waals surface area contributed by atoms with Gasteiger partial charge in [-0.05, 0) is 47.4 Å². The average Bonchev–Trinajstić information content (AvgIpc) is 2.99. The summed E-state index contributed by atoms with van der Waals surface area (Å²) < 4.78 is 0. The third-order valence-electron chi connectivity index (χ3n) is 5.04. The van der Waals surface area contributed by atoms with Crippen LogP contribution in [0.5, 0.6) is 0 Å². The molecule has 0 unspecified atom stereocenters. The molecule has 122 valence electrons. The molecule has 1 aliphatic carbocycles. The number of hydrogen-bond acceptors (Lipinski definition) is 2. The Labute approximate surface area is 141 Å². The summed E-state index contributed by atoms with van der Waals surface area (Å²) in [5.74, 6) is 0. The Morgan fingerprint density at radius 1 is 0.917 bits per heavy atom. The van der Waals surface area contributed by atoms with Crippen molar-refractivity contribution in [2.45, 2.75) is 32.1 Å². The van der Waals surface area contributed by atoms with Crippen molar-refractivity contribution in [3.05, 3.63) is 69.5 Å². The lowest BCUT2D eigenvalue weighted by atomic mass is 9.97. The van der Waals surface area contributed by atoms with Gasteiger partial charge in [0.25, 0.3) is 5.56 Å². The molecule has 3 nitrogen and oxygen atoms in total. The highest BCUT2D eigenvalue weighted by atomic mass is 16.2. The van der Waals surface area contributed by atoms with Crippen LogP contribution in [0.1, 0.15) is 36.0 Å². The third-order valence-corrected chi connectivity index (χ3v) is 5.04. The second kappa shape index (κ2) is 6.25. The molecule has 2 N–H and O–H groups in total. The van der Waals surface area contributed by atoms with E-state index in [0.29, 0.717) is 0 Å². The molecule has 24 heavy (non-hydrogen) atoms. The first-order valence-corrected chi connectivity index (χ1v) is 8.65. The zero-order valence-electron chi connectivity index (χ0n) is 13.6. The summed E-state index contributed by atoms with van der Waals surface area (Å²) in [6.07, 6.45) is 4.92. The molecule has 2 aromatic carbocycles. The molecular weight excluding hydrogens is 298 g/mol. The van der Waals surface area contributed by atoms with Crippen molar-refractivity contribution in [3.63, 3.8) is 0 Å². The predicted molar refractivity (Wildman–Crippen MR) is 97.5 cm³/mol. The molecule has 0 aliphatic heterocycles. The molecule has 1 aliphatic rings. The van der Waals surface area contributed by atoms with E-state index in [0.717, 1.165) is 48.6 Å². The average molecular weight is 319 g/mol. The van der Waals surface area contributed by atoms with Gasteiger partial charge in [-0.3, -0.25) is 4.79 Å². The van der Waals surface area contributed by atoms with Crippen molar-refractivity contribution in [2.24, 2.45) is 0 Å². The van der Waals surface area contributed by atoms with Gasteiger partial charge in [-0.1, -0.05) is 42.8 Å². The Morgan fingerprint density at radius 2 is 1.75 bits per heavy atom. The van der Waals surface area contributed by atoms with Gasteiger partial charge in [-0.15, -0.1) is 0 Å². The quantitative estimate of drug-likeness (QED) is 0.550. The Morgan fingerprint density at radius 3 is 2.58 bits per heavy atom. The third kappa shape index (κ3) is 2.45. The first kappa shape index (κ1) is 15.2. The standard InChI is InChI=1S/C21H21NO2/c23-12-5-1-2-7-14-8-6-11-16-18(14)13-19-15-9-3-4-10-17(15)21(24)22-20(16)19/h3-4,6,8-11,23H,1-2,5,7,12-13H2,(H,22,24). The SMILES string of the molecule is O=c1[nH]c2c(c3ccccc13)Cc1c(CCCCCO)cccc1-2. The lowest BCUT2D eigenvalue weighted by molar-refractivity contribution is 0.283. The smallest absolute Gasteiger partial charge is 0.256 e. The highest BCUT2D eigenvalue weighted by Gasteiger charge is 2.24. The van der Waals surface area contributed by atoms with Crippen molar-refractivity contribution >= 4 is 10.8 Å². The minimum atomic E-state index is -0.00875. The summed E-state index contributed by atoms with van der Waals surface area (Å²) >= 11 is 0. The van der Waals surface area contributed by atoms with E-state index in [4.69, 9.17) is 5.11 Å². The summed E-state index contributed by atoms with van der Waals surface area (Å²) in [6.45, 7) is 0.269. The second-order valence-electron chi connectivity index (χ2n) is 6.51. The Hall–Kier alpha value is -2.39. The van der Waals surface area contributed by atoms with Crippen LogP contribution < -0.4 is 5.56 Å². The topological polar surface area (TPSA) is 53.1 Å². The molecule has 3 heteroatoms. The Bertz CT molecular complexity index is 956. The number of aryl methyl sites for hydroxylation is 1. The molecule has 0 fully saturated rings. The maximum atomic E-state index is 12.4. The zero-order chi connectivity index (χ0) is 16.5. The Balaban J connectivity index is 1.77. The van der Waals surface area contributed by atoms with E-state index in [2.05, 4.69) is 29.2 Å². The fourth-order valence-corrected chi connectivity index (χ4v) is 3.84. The maximum absolute atomic E-state index is 12.4. The van der Waals surface area contributed by atoms with Gasteiger partial charge < -0.3 is 10.1 Å². The zero-order valence-corrected chi connectivity index (χ0v) is 13.6. The molecule has 0 saturated heterocycles. The summed E-state index contributed by atoms with van der Waals surface area (Å²) in [5, 5.41) is 10.8. The number of aromatic nitrogens is 1. The molecule has 1 heterocycles. The van der Waals surface area contributed by atoms with Crippen LogP contribution in [0.2, 0.25) is 0 Å². The van der Waals surface area contributed by atoms with Gasteiger partial charge in [0.15, 0.2) is 0 Å². The van der Waals surface area contributed by atoms with Crippen molar-refractivity contribution < 1.29 is 5.11 Å². The molecule has 0 bridgehead atoms. The number of pyridine rings is 1. The van der Waals surface area contributed by atoms with E-state index in [1.54, 1.807) is 0 Å². The predicted octanol–water partition coefficient (Wildman–Crippen LogP) is 3.80. The molecular formula is C21H21NO2. The molecule has 4 rings (SSSR count). The summed E-state index contributed by atoms with van der Waals surface area (Å²) in [5.41, 5.74) is 6.11. The summed E-state index contributed by atoms with van der Waals surface area (Å²) in [4.78, 5) is 15.5. The van der Waals surface area contributed by atoms with Crippen LogP contribution in [-0.2, 0) is 12.8 Å². The minimum absolute atomic E-state index is 0.00875. The molecule has 1 aromatic heterocycles. The highest BCUT2D eigenvalue weighted by Crippen LogP contribution is 2.39. The van der Waals surface area contributed by atoms with E-state index < -0.39 is 0 Å². The molecule has 0 atom stereocenters. The maximum Gasteiger partial charge on any atom is 0.256 e. The number of hydrogen-bond donors (Lipinski definition) is 2. The molecule has 0 amide bonds. The van der Waals surface area contributed by atoms with E-state index in [9.17, 15) is 4.79 Å². The highest BCUT2D eigenvalue weighted by molar-refractivity contribution is 5.93. The van der Waals surface area contributed by atoms with Gasteiger partial charge in [0.2, 0.25) is 0 Å². The van der Waals surface area contributed by atoms with Gasteiger partial charge in [0, 0.05) is 24.0 Å². The van der Waals surface area contributed by atoms with E-state index in [-0.39, 0.29) is 12.2 Å². The number of H-pyrrole nitrogens is 1. The first-order chi connectivity index (χ1) is 11.8. The number of rotatable bonds is 5. The number of aliphatic hydroxyl groups excluding tert-OH is 1. The van der Waals surface area contributed by atoms with Gasteiger partial charge in [-0.2, -0.15) is 0 Å². The molecule has 0 saturated carbocycles. The van der Waals surface area contributed by atoms with Crippen LogP contribution in [0.25, 0.3) is 22.0 Å². The number of fused-ring (bicyclic) bond motifs is 5. The number of aromatic amines is 1. The van der Waals surface area contributed by atoms with E-state index >= 15 is 0 Å². The monoisotopic (exact) mass is 319 g/mol. The normalized spacial score (nSPS) is 12.4. The fourth-order valence-electron chi connectivity index (χ4n) is 3.84. The van der Waals surface area contributed by atoms with Gasteiger partial charge in [-0.25, -0.2) is 0 Å². The first-order valence-electron chi connectivity index (χ1n) is 8.65. The van der Waals surface area contributed by atoms with Gasteiger partial charge in [0.1, 0.15) is 0 Å². The van der Waals surface area contributed by atoms with Crippen LogP contribution in [0, 0.1) is 0 Å². The van der Waals surface area contributed by atoms with Gasteiger partial charge >= 0.3 is 0 Å². The van der Waals surface area contributed by atoms with Crippen molar-refractivity contribution in [1.29, 1.82) is 0 Å². The van der Waals surface area contributed by atoms with Crippen LogP contribution in [-0.4, -0.2) is 16.7 Å². The number of benzene rings is 2. The van der Waals surface area contributed by atoms with Crippen LogP contribution in [0.15, 0.2) is 47.3 Å². The number of unbranched alkanes of at least 4 members (excludes halogenated alkanes) is 2. The summed E-state index contributed by atoms with van der Waals surface area (Å²) in [6, 6.07) is 14.3. The fraction of sp³-hybridized carbons (Fsp3) is 0.286. The van der Waals surface area contributed by atoms with Gasteiger partial charge in [0.05, 0.1) is 5.69 Å². The van der Waals surface area contributed by atoms with Crippen molar-refractivity contribution in [1.82, 2.24) is 4.98 Å². The molecule has 0 spiro atoms. The molecule has 0 radical (unpaired) electrons. The molecule has 3 aromatic rings. The summed E-state index contributed by atoms with van der Waals surface area (Å²) in [7, 11) is 0. The minimum Gasteiger partial charge on any atom is -0.396 e. The number of nitrogens with one attached hydrogen (secondary N) is 1. The van der Waals surface area contributed by atoms with Crippen LogP contribution in [0.3, 0.4) is 0 Å². The van der Waals surface area contributed by atoms with Crippen LogP contribution in [0.4, 0.5) is 0 Å². The van der Waals surface area contributed by atoms with Crippen molar-refractivity contribution in [3.8, 4) is 11.3 Å². The second-order valence-corrected chi connectivity index (χ2v) is 6.51. The largest absolute Gasteiger partial charge is 0.396 e. The Kier molecular flexibility index (Phi) is 3.95. The lowest BCUT2D eigenvalue weighted by Gasteiger charge is -2.08. The van der Waals surface area contributed by atoms with E-state index in [1.165, 1.54) is 22.3 Å². The van der Waals surface area contributed by atoms with Crippen molar-refractivity contribution in [2.75, 3.05) is 6.61 Å². The van der Waals surface area contributed by atoms with E-state index in [1.807, 2.05) is 18.2 Å². The lowest BCUT2D eigenvalue weighted by Crippen LogP contribution is -2.08. The van der Waals surface area contributed by atoms with Crippen LogP contribution >= 0.6 is 0 Å².